The second-order valence-electron chi connectivity index (χ2n) is 5.16. The molecule has 1 aliphatic heterocycles. The van der Waals surface area contributed by atoms with Crippen LogP contribution in [0.3, 0.4) is 0 Å². The van der Waals surface area contributed by atoms with Crippen LogP contribution in [-0.4, -0.2) is 37.7 Å². The summed E-state index contributed by atoms with van der Waals surface area (Å²) in [7, 11) is 0. The molecule has 1 atom stereocenters. The highest BCUT2D eigenvalue weighted by Gasteiger charge is 2.18. The number of benzene rings is 1. The molecule has 2 aromatic rings. The third-order valence-corrected chi connectivity index (χ3v) is 3.51. The maximum Gasteiger partial charge on any atom is 0.374 e. The Morgan fingerprint density at radius 2 is 2.18 bits per heavy atom. The zero-order chi connectivity index (χ0) is 15.4. The van der Waals surface area contributed by atoms with Crippen LogP contribution in [0.15, 0.2) is 34.7 Å². The molecule has 0 spiro atoms. The van der Waals surface area contributed by atoms with Crippen molar-refractivity contribution >= 4 is 22.8 Å². The highest BCUT2D eigenvalue weighted by molar-refractivity contribution is 5.93. The van der Waals surface area contributed by atoms with E-state index in [0.29, 0.717) is 12.1 Å². The summed E-state index contributed by atoms with van der Waals surface area (Å²) < 4.78 is 15.7. The average molecular weight is 303 g/mol. The van der Waals surface area contributed by atoms with Crippen molar-refractivity contribution in [1.29, 1.82) is 0 Å². The smallest absolute Gasteiger partial charge is 0.374 e. The van der Waals surface area contributed by atoms with Crippen molar-refractivity contribution in [3.05, 3.63) is 36.1 Å². The van der Waals surface area contributed by atoms with Gasteiger partial charge in [0.25, 0.3) is 5.91 Å². The topological polar surface area (TPSA) is 77.8 Å². The fraction of sp³-hybridized carbons (Fsp3) is 0.375. The minimum Gasteiger partial charge on any atom is -0.450 e. The molecule has 3 rings (SSSR count). The Balaban J connectivity index is 1.47. The summed E-state index contributed by atoms with van der Waals surface area (Å²) in [5.74, 6) is -0.906. The summed E-state index contributed by atoms with van der Waals surface area (Å²) in [6.45, 7) is 0.852. The minimum absolute atomic E-state index is 0.0648. The Morgan fingerprint density at radius 1 is 1.32 bits per heavy atom. The van der Waals surface area contributed by atoms with Crippen LogP contribution in [0.25, 0.3) is 11.0 Å². The molecule has 0 saturated carbocycles. The SMILES string of the molecule is O=C(COC(=O)c1cc2ccccc2o1)NC[C@@H]1CCCO1. The number of amides is 1. The van der Waals surface area contributed by atoms with E-state index in [4.69, 9.17) is 13.9 Å². The fourth-order valence-electron chi connectivity index (χ4n) is 2.37. The number of nitrogens with one attached hydrogen (secondary N) is 1. The fourth-order valence-corrected chi connectivity index (χ4v) is 2.37. The van der Waals surface area contributed by atoms with Crippen molar-refractivity contribution in [1.82, 2.24) is 5.32 Å². The zero-order valence-corrected chi connectivity index (χ0v) is 12.0. The van der Waals surface area contributed by atoms with Gasteiger partial charge in [-0.1, -0.05) is 18.2 Å². The van der Waals surface area contributed by atoms with Gasteiger partial charge in [0.05, 0.1) is 6.10 Å². The lowest BCUT2D eigenvalue weighted by atomic mass is 10.2. The summed E-state index contributed by atoms with van der Waals surface area (Å²) in [5.41, 5.74) is 0.609. The Bertz CT molecular complexity index is 639. The van der Waals surface area contributed by atoms with Crippen LogP contribution in [0.1, 0.15) is 23.4 Å². The molecule has 6 heteroatoms. The summed E-state index contributed by atoms with van der Waals surface area (Å²) in [4.78, 5) is 23.5. The monoisotopic (exact) mass is 303 g/mol. The summed E-state index contributed by atoms with van der Waals surface area (Å²) in [5, 5.41) is 3.50. The summed E-state index contributed by atoms with van der Waals surface area (Å²) >= 11 is 0. The van der Waals surface area contributed by atoms with Gasteiger partial charge in [0, 0.05) is 18.5 Å². The van der Waals surface area contributed by atoms with Crippen LogP contribution in [0.5, 0.6) is 0 Å². The molecule has 2 heterocycles. The van der Waals surface area contributed by atoms with E-state index < -0.39 is 5.97 Å². The molecule has 0 radical (unpaired) electrons. The average Bonchev–Trinajstić information content (AvgIpc) is 3.19. The van der Waals surface area contributed by atoms with Gasteiger partial charge in [0.2, 0.25) is 5.76 Å². The van der Waals surface area contributed by atoms with Gasteiger partial charge in [0.15, 0.2) is 6.61 Å². The van der Waals surface area contributed by atoms with Crippen LogP contribution in [-0.2, 0) is 14.3 Å². The first-order valence-electron chi connectivity index (χ1n) is 7.26. The van der Waals surface area contributed by atoms with Gasteiger partial charge in [-0.05, 0) is 25.0 Å². The molecule has 1 aliphatic rings. The number of rotatable bonds is 5. The number of carbonyl (C=O) groups excluding carboxylic acids is 2. The van der Waals surface area contributed by atoms with Crippen LogP contribution in [0.4, 0.5) is 0 Å². The first kappa shape index (κ1) is 14.6. The summed E-state index contributed by atoms with van der Waals surface area (Å²) in [6.07, 6.45) is 2.02. The number of para-hydroxylation sites is 1. The second kappa shape index (κ2) is 6.62. The number of hydrogen-bond acceptors (Lipinski definition) is 5. The van der Waals surface area contributed by atoms with Gasteiger partial charge < -0.3 is 19.2 Å². The highest BCUT2D eigenvalue weighted by Crippen LogP contribution is 2.19. The molecule has 1 fully saturated rings. The molecule has 1 aromatic carbocycles. The molecular formula is C16H17NO5. The standard InChI is InChI=1S/C16H17NO5/c18-15(17-9-12-5-3-7-20-12)10-21-16(19)14-8-11-4-1-2-6-13(11)22-14/h1-2,4,6,8,12H,3,5,7,9-10H2,(H,17,18)/t12-/m0/s1. The van der Waals surface area contributed by atoms with E-state index in [1.54, 1.807) is 12.1 Å². The largest absolute Gasteiger partial charge is 0.450 e. The Morgan fingerprint density at radius 3 is 2.95 bits per heavy atom. The third kappa shape index (κ3) is 3.46. The molecule has 1 saturated heterocycles. The second-order valence-corrected chi connectivity index (χ2v) is 5.16. The number of ether oxygens (including phenoxy) is 2. The van der Waals surface area contributed by atoms with E-state index >= 15 is 0 Å². The molecule has 6 nitrogen and oxygen atoms in total. The van der Waals surface area contributed by atoms with E-state index in [0.717, 1.165) is 24.8 Å². The Labute approximate surface area is 127 Å². The lowest BCUT2D eigenvalue weighted by Crippen LogP contribution is -2.34. The molecule has 22 heavy (non-hydrogen) atoms. The highest BCUT2D eigenvalue weighted by atomic mass is 16.5. The van der Waals surface area contributed by atoms with E-state index in [2.05, 4.69) is 5.32 Å². The summed E-state index contributed by atoms with van der Waals surface area (Å²) in [6, 6.07) is 8.87. The van der Waals surface area contributed by atoms with Gasteiger partial charge >= 0.3 is 5.97 Å². The quantitative estimate of drug-likeness (QED) is 0.853. The van der Waals surface area contributed by atoms with Crippen molar-refractivity contribution < 1.29 is 23.5 Å². The predicted molar refractivity (Wildman–Crippen MR) is 78.5 cm³/mol. The van der Waals surface area contributed by atoms with Crippen molar-refractivity contribution in [2.24, 2.45) is 0 Å². The Kier molecular flexibility index (Phi) is 4.39. The first-order chi connectivity index (χ1) is 10.7. The van der Waals surface area contributed by atoms with Crippen LogP contribution >= 0.6 is 0 Å². The van der Waals surface area contributed by atoms with Gasteiger partial charge in [-0.25, -0.2) is 4.79 Å². The Hall–Kier alpha value is -2.34. The van der Waals surface area contributed by atoms with Crippen molar-refractivity contribution in [3.63, 3.8) is 0 Å². The lowest BCUT2D eigenvalue weighted by Gasteiger charge is -2.10. The third-order valence-electron chi connectivity index (χ3n) is 3.51. The molecule has 1 aromatic heterocycles. The minimum atomic E-state index is -0.650. The zero-order valence-electron chi connectivity index (χ0n) is 12.0. The molecular weight excluding hydrogens is 286 g/mol. The predicted octanol–water partition coefficient (Wildman–Crippen LogP) is 1.88. The van der Waals surface area contributed by atoms with Gasteiger partial charge in [-0.15, -0.1) is 0 Å². The number of esters is 1. The molecule has 1 N–H and O–H groups in total. The van der Waals surface area contributed by atoms with Crippen LogP contribution in [0.2, 0.25) is 0 Å². The van der Waals surface area contributed by atoms with E-state index in [9.17, 15) is 9.59 Å². The molecule has 116 valence electrons. The first-order valence-corrected chi connectivity index (χ1v) is 7.26. The van der Waals surface area contributed by atoms with Crippen molar-refractivity contribution in [2.45, 2.75) is 18.9 Å². The van der Waals surface area contributed by atoms with Gasteiger partial charge in [-0.2, -0.15) is 0 Å². The molecule has 1 amide bonds. The molecule has 0 bridgehead atoms. The normalized spacial score (nSPS) is 17.5. The molecule has 0 unspecified atom stereocenters. The van der Waals surface area contributed by atoms with Crippen molar-refractivity contribution in [3.8, 4) is 0 Å². The number of fused-ring (bicyclic) bond motifs is 1. The van der Waals surface area contributed by atoms with E-state index in [1.165, 1.54) is 0 Å². The number of hydrogen-bond donors (Lipinski definition) is 1. The van der Waals surface area contributed by atoms with Crippen molar-refractivity contribution in [2.75, 3.05) is 19.8 Å². The maximum atomic E-state index is 11.9. The molecule has 0 aliphatic carbocycles. The van der Waals surface area contributed by atoms with E-state index in [1.807, 2.05) is 18.2 Å². The van der Waals surface area contributed by atoms with E-state index in [-0.39, 0.29) is 24.4 Å². The number of furan rings is 1. The number of carbonyl (C=O) groups is 2. The van der Waals surface area contributed by atoms with Gasteiger partial charge in [0.1, 0.15) is 5.58 Å². The van der Waals surface area contributed by atoms with Crippen LogP contribution < -0.4 is 5.32 Å². The maximum absolute atomic E-state index is 11.9. The van der Waals surface area contributed by atoms with Crippen LogP contribution in [0, 0.1) is 0 Å². The van der Waals surface area contributed by atoms with Gasteiger partial charge in [-0.3, -0.25) is 4.79 Å². The lowest BCUT2D eigenvalue weighted by molar-refractivity contribution is -0.124.